The number of aromatic amines is 1. The molecule has 1 aromatic heterocycles. The molecule has 1 aromatic carbocycles. The van der Waals surface area contributed by atoms with Crippen molar-refractivity contribution < 1.29 is 0 Å². The van der Waals surface area contributed by atoms with Crippen molar-refractivity contribution in [3.63, 3.8) is 0 Å². The summed E-state index contributed by atoms with van der Waals surface area (Å²) in [4.78, 5) is 25.4. The molecular formula is C15H21N5O2S. The number of nitrogens with one attached hydrogen (secondary N) is 1. The van der Waals surface area contributed by atoms with Crippen LogP contribution in [-0.2, 0) is 0 Å². The minimum Gasteiger partial charge on any atom is -0.399 e. The second-order valence-electron chi connectivity index (χ2n) is 5.10. The summed E-state index contributed by atoms with van der Waals surface area (Å²) in [6.45, 7) is 4.06. The van der Waals surface area contributed by atoms with Gasteiger partial charge in [0.2, 0.25) is 0 Å². The number of hydrogen-bond donors (Lipinski definition) is 3. The largest absolute Gasteiger partial charge is 0.399 e. The number of nitrogen functional groups attached to an aromatic ring is 1. The average Bonchev–Trinajstić information content (AvgIpc) is 2.52. The Morgan fingerprint density at radius 1 is 1.35 bits per heavy atom. The van der Waals surface area contributed by atoms with Crippen LogP contribution in [0.4, 0.5) is 5.69 Å². The van der Waals surface area contributed by atoms with Gasteiger partial charge in [-0.05, 0) is 30.4 Å². The first kappa shape index (κ1) is 17.2. The molecule has 124 valence electrons. The molecule has 2 rings (SSSR count). The lowest BCUT2D eigenvalue weighted by atomic mass is 10.2. The minimum atomic E-state index is -0.424. The Kier molecular flexibility index (Phi) is 5.54. The predicted octanol–water partition coefficient (Wildman–Crippen LogP) is 1.31. The maximum atomic E-state index is 12.4. The van der Waals surface area contributed by atoms with Crippen LogP contribution in [0.2, 0.25) is 0 Å². The van der Waals surface area contributed by atoms with Gasteiger partial charge in [-0.25, -0.2) is 5.10 Å². The molecule has 2 atom stereocenters. The van der Waals surface area contributed by atoms with Crippen molar-refractivity contribution in [2.75, 3.05) is 11.5 Å². The van der Waals surface area contributed by atoms with Crippen LogP contribution in [0.3, 0.4) is 0 Å². The van der Waals surface area contributed by atoms with Crippen LogP contribution in [0.15, 0.2) is 32.9 Å². The molecule has 1 heterocycles. The van der Waals surface area contributed by atoms with Gasteiger partial charge in [-0.1, -0.05) is 25.4 Å². The van der Waals surface area contributed by atoms with Crippen LogP contribution in [0.1, 0.15) is 26.7 Å². The number of anilines is 1. The molecule has 0 bridgehead atoms. The summed E-state index contributed by atoms with van der Waals surface area (Å²) in [5.41, 5.74) is 11.3. The lowest BCUT2D eigenvalue weighted by Crippen LogP contribution is -2.27. The van der Waals surface area contributed by atoms with E-state index in [1.807, 2.05) is 6.92 Å². The number of aromatic nitrogens is 2. The topological polar surface area (TPSA) is 119 Å². The van der Waals surface area contributed by atoms with Crippen LogP contribution in [0.25, 0.3) is 10.8 Å². The molecule has 5 N–H and O–H groups in total. The highest BCUT2D eigenvalue weighted by Crippen LogP contribution is 2.18. The molecule has 8 heteroatoms. The van der Waals surface area contributed by atoms with E-state index in [0.717, 1.165) is 23.4 Å². The van der Waals surface area contributed by atoms with Gasteiger partial charge in [-0.3, -0.25) is 9.59 Å². The van der Waals surface area contributed by atoms with Crippen LogP contribution in [-0.4, -0.2) is 26.2 Å². The summed E-state index contributed by atoms with van der Waals surface area (Å²) >= 11 is 0. The van der Waals surface area contributed by atoms with E-state index >= 15 is 0 Å². The molecule has 0 radical (unpaired) electrons. The smallest absolute Gasteiger partial charge is 0.294 e. The number of hydrogen-bond acceptors (Lipinski definition) is 5. The van der Waals surface area contributed by atoms with Gasteiger partial charge in [0.15, 0.2) is 0 Å². The zero-order valence-corrected chi connectivity index (χ0v) is 14.0. The fourth-order valence-corrected chi connectivity index (χ4v) is 3.59. The van der Waals surface area contributed by atoms with E-state index < -0.39 is 11.1 Å². The van der Waals surface area contributed by atoms with Crippen molar-refractivity contribution in [2.24, 2.45) is 10.8 Å². The van der Waals surface area contributed by atoms with Gasteiger partial charge < -0.3 is 11.5 Å². The molecule has 2 unspecified atom stereocenters. The molecule has 0 aliphatic heterocycles. The van der Waals surface area contributed by atoms with E-state index in [1.54, 1.807) is 6.07 Å². The van der Waals surface area contributed by atoms with E-state index in [0.29, 0.717) is 5.69 Å². The molecule has 2 aromatic rings. The van der Waals surface area contributed by atoms with E-state index in [1.165, 1.54) is 12.1 Å². The van der Waals surface area contributed by atoms with Gasteiger partial charge in [0.1, 0.15) is 0 Å². The number of nitrogens with two attached hydrogens (primary N) is 2. The highest BCUT2D eigenvalue weighted by atomic mass is 32.2. The van der Waals surface area contributed by atoms with Crippen LogP contribution in [0, 0.1) is 0 Å². The number of H-pyrrole nitrogens is 1. The normalized spacial score (nSPS) is 13.5. The summed E-state index contributed by atoms with van der Waals surface area (Å²) < 4.78 is 0. The van der Waals surface area contributed by atoms with Crippen LogP contribution in [0.5, 0.6) is 0 Å². The van der Waals surface area contributed by atoms with E-state index in [2.05, 4.69) is 22.3 Å². The Balaban J connectivity index is 2.59. The quantitative estimate of drug-likeness (QED) is 0.433. The molecule has 0 spiro atoms. The van der Waals surface area contributed by atoms with Crippen LogP contribution >= 0.6 is 10.5 Å². The lowest BCUT2D eigenvalue weighted by Gasteiger charge is -2.11. The van der Waals surface area contributed by atoms with Gasteiger partial charge in [0.05, 0.1) is 16.1 Å². The van der Waals surface area contributed by atoms with Crippen LogP contribution < -0.4 is 22.6 Å². The third kappa shape index (κ3) is 3.79. The zero-order valence-electron chi connectivity index (χ0n) is 13.2. The Morgan fingerprint density at radius 3 is 2.74 bits per heavy atom. The zero-order chi connectivity index (χ0) is 17.0. The standard InChI is InChI=1S/C15H21N5O2S/c1-3-5-13(17)23(4-2)9-18-20-15(22)11-7-6-10(16)8-12(11)14(21)19-20/h6-8,13H,3-5,16-17H2,1-2H3,(H,19,21). The van der Waals surface area contributed by atoms with E-state index in [4.69, 9.17) is 11.5 Å². The van der Waals surface area contributed by atoms with E-state index in [-0.39, 0.29) is 26.6 Å². The Morgan fingerprint density at radius 2 is 2.09 bits per heavy atom. The van der Waals surface area contributed by atoms with Gasteiger partial charge >= 0.3 is 0 Å². The first-order valence-corrected chi connectivity index (χ1v) is 8.90. The fraction of sp³-hybridized carbons (Fsp3) is 0.400. The Hall–Kier alpha value is -2.15. The SMILES string of the molecule is CCCC(N)S(=C=Nn1[nH]c(=O)c2cc(N)ccc2c1=O)CC. The maximum absolute atomic E-state index is 12.4. The maximum Gasteiger partial charge on any atom is 0.294 e. The van der Waals surface area contributed by atoms with Crippen molar-refractivity contribution in [1.82, 2.24) is 9.89 Å². The summed E-state index contributed by atoms with van der Waals surface area (Å²) in [5.74, 6) is 0.785. The van der Waals surface area contributed by atoms with Crippen molar-refractivity contribution in [1.29, 1.82) is 0 Å². The molecular weight excluding hydrogens is 314 g/mol. The van der Waals surface area contributed by atoms with Crippen molar-refractivity contribution in [3.8, 4) is 0 Å². The first-order valence-electron chi connectivity index (χ1n) is 7.44. The molecule has 0 aliphatic rings. The molecule has 0 aliphatic carbocycles. The summed E-state index contributed by atoms with van der Waals surface area (Å²) in [6.07, 6.45) is 1.84. The minimum absolute atomic E-state index is 0.0450. The summed E-state index contributed by atoms with van der Waals surface area (Å²) in [7, 11) is -0.369. The molecule has 0 fully saturated rings. The third-order valence-electron chi connectivity index (χ3n) is 3.43. The summed E-state index contributed by atoms with van der Waals surface area (Å²) in [5, 5.41) is 9.82. The fourth-order valence-electron chi connectivity index (χ4n) is 2.19. The van der Waals surface area contributed by atoms with Gasteiger partial charge in [-0.2, -0.15) is 0 Å². The highest BCUT2D eigenvalue weighted by Gasteiger charge is 2.07. The number of rotatable bonds is 5. The lowest BCUT2D eigenvalue weighted by molar-refractivity contribution is 0.687. The third-order valence-corrected chi connectivity index (χ3v) is 5.33. The number of nitrogens with zero attached hydrogens (tertiary/aromatic N) is 2. The second-order valence-corrected chi connectivity index (χ2v) is 7.32. The molecule has 0 saturated heterocycles. The summed E-state index contributed by atoms with van der Waals surface area (Å²) in [6, 6.07) is 4.58. The molecule has 23 heavy (non-hydrogen) atoms. The monoisotopic (exact) mass is 335 g/mol. The van der Waals surface area contributed by atoms with Gasteiger partial charge in [0, 0.05) is 10.8 Å². The molecule has 0 amide bonds. The second kappa shape index (κ2) is 7.41. The number of benzene rings is 1. The van der Waals surface area contributed by atoms with E-state index in [9.17, 15) is 9.59 Å². The highest BCUT2D eigenvalue weighted by molar-refractivity contribution is 8.15. The van der Waals surface area contributed by atoms with Crippen molar-refractivity contribution in [2.45, 2.75) is 32.1 Å². The average molecular weight is 335 g/mol. The first-order chi connectivity index (χ1) is 11.0. The number of isothiocyanates is 1. The number of fused-ring (bicyclic) bond motifs is 1. The molecule has 7 nitrogen and oxygen atoms in total. The van der Waals surface area contributed by atoms with Gasteiger partial charge in [0.25, 0.3) is 11.1 Å². The Bertz CT molecular complexity index is 893. The predicted molar refractivity (Wildman–Crippen MR) is 97.1 cm³/mol. The van der Waals surface area contributed by atoms with Gasteiger partial charge in [-0.15, -0.1) is 15.3 Å². The van der Waals surface area contributed by atoms with Crippen molar-refractivity contribution >= 4 is 32.1 Å². The molecule has 0 saturated carbocycles. The van der Waals surface area contributed by atoms with Crippen molar-refractivity contribution in [3.05, 3.63) is 38.9 Å². The Labute approximate surface area is 135 Å².